The van der Waals surface area contributed by atoms with E-state index in [0.717, 1.165) is 35.4 Å². The highest BCUT2D eigenvalue weighted by Crippen LogP contribution is 2.56. The lowest BCUT2D eigenvalue weighted by molar-refractivity contribution is -0.140. The molecule has 2 aromatic carbocycles. The number of hydrogen-bond donors (Lipinski definition) is 2. The number of fused-ring (bicyclic) bond motifs is 3. The lowest BCUT2D eigenvalue weighted by atomic mass is 9.67. The van der Waals surface area contributed by atoms with Crippen LogP contribution in [0, 0.1) is 19.8 Å². The van der Waals surface area contributed by atoms with Crippen molar-refractivity contribution in [1.82, 2.24) is 5.32 Å². The quantitative estimate of drug-likeness (QED) is 0.588. The number of Topliss-reactive ketones (excluding diaryl/α,β-unsaturated/α-hetero) is 2. The molecule has 0 spiro atoms. The molecule has 0 saturated carbocycles. The number of hydrogen-bond acceptors (Lipinski definition) is 8. The van der Waals surface area contributed by atoms with Gasteiger partial charge in [0.2, 0.25) is 0 Å². The van der Waals surface area contributed by atoms with Crippen LogP contribution in [0.2, 0.25) is 0 Å². The zero-order valence-corrected chi connectivity index (χ0v) is 20.9. The monoisotopic (exact) mass is 493 g/mol. The number of ketones is 3. The Kier molecular flexibility index (Phi) is 6.12. The summed E-state index contributed by atoms with van der Waals surface area (Å²) in [5, 5.41) is 13.7. The zero-order valence-electron chi connectivity index (χ0n) is 20.9. The number of carbonyl (C=O) groups excluding carboxylic acids is 4. The molecule has 188 valence electrons. The Balaban J connectivity index is 1.77. The van der Waals surface area contributed by atoms with Crippen LogP contribution in [0.4, 0.5) is 0 Å². The molecule has 1 heterocycles. The maximum atomic E-state index is 13.4. The van der Waals surface area contributed by atoms with Gasteiger partial charge in [0, 0.05) is 18.7 Å². The predicted molar refractivity (Wildman–Crippen MR) is 129 cm³/mol. The summed E-state index contributed by atoms with van der Waals surface area (Å²) in [4.78, 5) is 51.3. The van der Waals surface area contributed by atoms with Crippen LogP contribution in [0.25, 0.3) is 0 Å². The number of phenolic OH excluding ortho intramolecular Hbond substituents is 1. The average molecular weight is 494 g/mol. The molecule has 0 aromatic heterocycles. The van der Waals surface area contributed by atoms with Gasteiger partial charge in [-0.1, -0.05) is 6.07 Å². The zero-order chi connectivity index (χ0) is 26.5. The fourth-order valence-corrected chi connectivity index (χ4v) is 4.88. The molecule has 2 atom stereocenters. The molecule has 4 rings (SSSR count). The van der Waals surface area contributed by atoms with E-state index in [9.17, 15) is 24.3 Å². The van der Waals surface area contributed by atoms with E-state index in [4.69, 9.17) is 14.2 Å². The van der Waals surface area contributed by atoms with Crippen molar-refractivity contribution in [2.75, 3.05) is 14.2 Å². The highest BCUT2D eigenvalue weighted by molar-refractivity contribution is 6.27. The van der Waals surface area contributed by atoms with Crippen LogP contribution in [-0.4, -0.2) is 42.6 Å². The van der Waals surface area contributed by atoms with E-state index in [1.165, 1.54) is 20.1 Å². The lowest BCUT2D eigenvalue weighted by Crippen LogP contribution is -2.47. The molecule has 0 bridgehead atoms. The molecule has 2 N–H and O–H groups in total. The van der Waals surface area contributed by atoms with E-state index < -0.39 is 34.6 Å². The predicted octanol–water partition coefficient (Wildman–Crippen LogP) is 2.85. The van der Waals surface area contributed by atoms with Crippen molar-refractivity contribution in [2.24, 2.45) is 5.92 Å². The number of nitrogens with one attached hydrogen (secondary N) is 1. The Labute approximate surface area is 208 Å². The number of amides is 1. The molecule has 1 aliphatic heterocycles. The van der Waals surface area contributed by atoms with Crippen molar-refractivity contribution < 1.29 is 38.5 Å². The van der Waals surface area contributed by atoms with E-state index >= 15 is 0 Å². The number of phenols is 1. The number of rotatable bonds is 6. The molecule has 9 nitrogen and oxygen atoms in total. The van der Waals surface area contributed by atoms with Gasteiger partial charge in [0.05, 0.1) is 19.8 Å². The SMILES string of the molecule is COc1ccc(CNC(=O)c2c(OC)cc(O)c3c2OC2=CC(=O)C(C(C)=O)C(=O)[C@]23C)c(C)c1C. The summed E-state index contributed by atoms with van der Waals surface area (Å²) in [7, 11) is 2.92. The minimum atomic E-state index is -1.62. The number of aromatic hydroxyl groups is 1. The van der Waals surface area contributed by atoms with E-state index in [0.29, 0.717) is 0 Å². The third kappa shape index (κ3) is 3.54. The van der Waals surface area contributed by atoms with Gasteiger partial charge >= 0.3 is 0 Å². The van der Waals surface area contributed by atoms with Crippen LogP contribution >= 0.6 is 0 Å². The molecule has 0 radical (unpaired) electrons. The Hall–Kier alpha value is -4.14. The van der Waals surface area contributed by atoms with Crippen molar-refractivity contribution in [3.63, 3.8) is 0 Å². The van der Waals surface area contributed by atoms with E-state index in [1.54, 1.807) is 7.11 Å². The summed E-state index contributed by atoms with van der Waals surface area (Å²) in [5.74, 6) is -3.83. The number of ether oxygens (including phenoxy) is 3. The molecule has 36 heavy (non-hydrogen) atoms. The first-order valence-electron chi connectivity index (χ1n) is 11.3. The molecule has 9 heteroatoms. The number of carbonyl (C=O) groups is 4. The molecule has 0 saturated heterocycles. The van der Waals surface area contributed by atoms with Crippen molar-refractivity contribution >= 4 is 23.3 Å². The van der Waals surface area contributed by atoms with Gasteiger partial charge in [0.1, 0.15) is 45.7 Å². The number of allylic oxidation sites excluding steroid dienone is 2. The van der Waals surface area contributed by atoms with Gasteiger partial charge in [-0.2, -0.15) is 0 Å². The summed E-state index contributed by atoms with van der Waals surface area (Å²) in [6, 6.07) is 4.89. The third-order valence-corrected chi connectivity index (χ3v) is 7.10. The second-order valence-corrected chi connectivity index (χ2v) is 9.08. The van der Waals surface area contributed by atoms with E-state index in [-0.39, 0.29) is 40.7 Å². The van der Waals surface area contributed by atoms with E-state index in [2.05, 4.69) is 5.32 Å². The van der Waals surface area contributed by atoms with Crippen molar-refractivity contribution in [2.45, 2.75) is 39.7 Å². The maximum absolute atomic E-state index is 13.4. The van der Waals surface area contributed by atoms with Crippen LogP contribution < -0.4 is 19.5 Å². The summed E-state index contributed by atoms with van der Waals surface area (Å²) < 4.78 is 16.6. The van der Waals surface area contributed by atoms with Crippen LogP contribution in [0.5, 0.6) is 23.0 Å². The topological polar surface area (TPSA) is 128 Å². The standard InChI is InChI=1S/C27H27NO8/c1-12-13(2)18(34-5)8-7-15(12)11-28-26(33)22-19(35-6)9-17(31)23-24(22)36-20-10-16(30)21(14(3)29)25(32)27(20,23)4/h7-10,21,31H,11H2,1-6H3,(H,28,33)/t21?,27-/m1/s1. The normalized spacial score (nSPS) is 20.2. The number of methoxy groups -OCH3 is 2. The summed E-state index contributed by atoms with van der Waals surface area (Å²) in [6.07, 6.45) is 1.09. The Morgan fingerprint density at radius 1 is 1.11 bits per heavy atom. The van der Waals surface area contributed by atoms with Gasteiger partial charge < -0.3 is 24.6 Å². The molecular formula is C27H27NO8. The minimum Gasteiger partial charge on any atom is -0.507 e. The molecular weight excluding hydrogens is 466 g/mol. The minimum absolute atomic E-state index is 0.0138. The molecule has 1 aliphatic carbocycles. The summed E-state index contributed by atoms with van der Waals surface area (Å²) >= 11 is 0. The Morgan fingerprint density at radius 2 is 1.78 bits per heavy atom. The molecule has 2 aromatic rings. The highest BCUT2D eigenvalue weighted by atomic mass is 16.5. The van der Waals surface area contributed by atoms with Gasteiger partial charge in [0.15, 0.2) is 17.3 Å². The van der Waals surface area contributed by atoms with Crippen molar-refractivity contribution in [3.8, 4) is 23.0 Å². The molecule has 1 amide bonds. The first kappa shape index (κ1) is 25.0. The van der Waals surface area contributed by atoms with Gasteiger partial charge in [-0.25, -0.2) is 0 Å². The average Bonchev–Trinajstić information content (AvgIpc) is 3.13. The Bertz CT molecular complexity index is 1370. The highest BCUT2D eigenvalue weighted by Gasteiger charge is 2.58. The third-order valence-electron chi connectivity index (χ3n) is 7.10. The largest absolute Gasteiger partial charge is 0.507 e. The first-order valence-corrected chi connectivity index (χ1v) is 11.3. The first-order chi connectivity index (χ1) is 17.0. The van der Waals surface area contributed by atoms with Crippen LogP contribution in [0.15, 0.2) is 30.0 Å². The smallest absolute Gasteiger partial charge is 0.259 e. The van der Waals surface area contributed by atoms with E-state index in [1.807, 2.05) is 26.0 Å². The fourth-order valence-electron chi connectivity index (χ4n) is 4.88. The molecule has 2 aliphatic rings. The summed E-state index contributed by atoms with van der Waals surface area (Å²) in [6.45, 7) is 6.65. The van der Waals surface area contributed by atoms with Gasteiger partial charge in [-0.15, -0.1) is 0 Å². The summed E-state index contributed by atoms with van der Waals surface area (Å²) in [5.41, 5.74) is 1.13. The van der Waals surface area contributed by atoms with Crippen molar-refractivity contribution in [3.05, 3.63) is 57.9 Å². The molecule has 0 fully saturated rings. The van der Waals surface area contributed by atoms with Crippen LogP contribution in [0.3, 0.4) is 0 Å². The van der Waals surface area contributed by atoms with Crippen LogP contribution in [-0.2, 0) is 26.3 Å². The maximum Gasteiger partial charge on any atom is 0.259 e. The van der Waals surface area contributed by atoms with Gasteiger partial charge in [-0.3, -0.25) is 19.2 Å². The second kappa shape index (κ2) is 8.82. The fraction of sp³-hybridized carbons (Fsp3) is 0.333. The van der Waals surface area contributed by atoms with Gasteiger partial charge in [-0.05, 0) is 50.5 Å². The Morgan fingerprint density at radius 3 is 2.39 bits per heavy atom. The lowest BCUT2D eigenvalue weighted by Gasteiger charge is -2.30. The molecule has 1 unspecified atom stereocenters. The van der Waals surface area contributed by atoms with Gasteiger partial charge in [0.25, 0.3) is 5.91 Å². The second-order valence-electron chi connectivity index (χ2n) is 9.08. The van der Waals surface area contributed by atoms with Crippen LogP contribution in [0.1, 0.15) is 46.5 Å². The van der Waals surface area contributed by atoms with Crippen molar-refractivity contribution in [1.29, 1.82) is 0 Å². The number of benzene rings is 2.